The molecule has 0 aliphatic carbocycles. The molecule has 3 heteroatoms. The maximum absolute atomic E-state index is 11.7. The standard InChI is InChI=1S/C18H21NO2/c1-14(2)19-18(20)13-21-17-11-7-6-10-16(17)12-15-8-4-3-5-9-15/h3-11,14H,12-13H2,1-2H3,(H,19,20). The zero-order chi connectivity index (χ0) is 15.1. The predicted octanol–water partition coefficient (Wildman–Crippen LogP) is 3.18. The van der Waals surface area contributed by atoms with Gasteiger partial charge in [0.15, 0.2) is 6.61 Å². The minimum atomic E-state index is -0.0977. The van der Waals surface area contributed by atoms with E-state index in [2.05, 4.69) is 17.4 Å². The zero-order valence-corrected chi connectivity index (χ0v) is 12.5. The summed E-state index contributed by atoms with van der Waals surface area (Å²) in [4.78, 5) is 11.7. The summed E-state index contributed by atoms with van der Waals surface area (Å²) in [6.07, 6.45) is 0.794. The van der Waals surface area contributed by atoms with E-state index in [4.69, 9.17) is 4.74 Å². The minimum absolute atomic E-state index is 0.0456. The topological polar surface area (TPSA) is 38.3 Å². The maximum atomic E-state index is 11.7. The molecule has 0 aliphatic heterocycles. The molecule has 0 radical (unpaired) electrons. The monoisotopic (exact) mass is 283 g/mol. The second-order valence-electron chi connectivity index (χ2n) is 5.28. The Kier molecular flexibility index (Phi) is 5.38. The summed E-state index contributed by atoms with van der Waals surface area (Å²) in [5, 5.41) is 2.82. The summed E-state index contributed by atoms with van der Waals surface area (Å²) in [7, 11) is 0. The highest BCUT2D eigenvalue weighted by atomic mass is 16.5. The van der Waals surface area contributed by atoms with Crippen molar-refractivity contribution in [1.82, 2.24) is 5.32 Å². The highest BCUT2D eigenvalue weighted by Crippen LogP contribution is 2.21. The molecule has 0 saturated carbocycles. The van der Waals surface area contributed by atoms with Gasteiger partial charge in [0.2, 0.25) is 0 Å². The van der Waals surface area contributed by atoms with Crippen molar-refractivity contribution in [1.29, 1.82) is 0 Å². The molecule has 21 heavy (non-hydrogen) atoms. The second-order valence-corrected chi connectivity index (χ2v) is 5.28. The molecule has 0 unspecified atom stereocenters. The number of nitrogens with one attached hydrogen (secondary N) is 1. The van der Waals surface area contributed by atoms with Crippen LogP contribution >= 0.6 is 0 Å². The fourth-order valence-electron chi connectivity index (χ4n) is 2.11. The van der Waals surface area contributed by atoms with Crippen LogP contribution in [0.15, 0.2) is 54.6 Å². The van der Waals surface area contributed by atoms with Crippen LogP contribution in [0.2, 0.25) is 0 Å². The van der Waals surface area contributed by atoms with Gasteiger partial charge in [-0.25, -0.2) is 0 Å². The van der Waals surface area contributed by atoms with Crippen LogP contribution in [0, 0.1) is 0 Å². The van der Waals surface area contributed by atoms with Gasteiger partial charge >= 0.3 is 0 Å². The molecule has 0 heterocycles. The summed E-state index contributed by atoms with van der Waals surface area (Å²) >= 11 is 0. The van der Waals surface area contributed by atoms with Gasteiger partial charge < -0.3 is 10.1 Å². The quantitative estimate of drug-likeness (QED) is 0.884. The molecule has 0 saturated heterocycles. The van der Waals surface area contributed by atoms with Gasteiger partial charge in [-0.1, -0.05) is 48.5 Å². The summed E-state index contributed by atoms with van der Waals surface area (Å²) in [6.45, 7) is 3.91. The van der Waals surface area contributed by atoms with E-state index in [-0.39, 0.29) is 18.6 Å². The Bertz CT molecular complexity index is 579. The molecule has 0 fully saturated rings. The zero-order valence-electron chi connectivity index (χ0n) is 12.5. The number of rotatable bonds is 6. The Hall–Kier alpha value is -2.29. The molecule has 3 nitrogen and oxygen atoms in total. The first-order chi connectivity index (χ1) is 10.1. The lowest BCUT2D eigenvalue weighted by atomic mass is 10.0. The molecule has 2 rings (SSSR count). The van der Waals surface area contributed by atoms with Crippen LogP contribution in [0.1, 0.15) is 25.0 Å². The van der Waals surface area contributed by atoms with Gasteiger partial charge in [0.05, 0.1) is 0 Å². The Morgan fingerprint density at radius 3 is 2.43 bits per heavy atom. The van der Waals surface area contributed by atoms with E-state index in [0.717, 1.165) is 17.7 Å². The van der Waals surface area contributed by atoms with Crippen molar-refractivity contribution in [3.63, 3.8) is 0 Å². The van der Waals surface area contributed by atoms with Crippen molar-refractivity contribution < 1.29 is 9.53 Å². The van der Waals surface area contributed by atoms with Crippen LogP contribution in [0.3, 0.4) is 0 Å². The smallest absolute Gasteiger partial charge is 0.258 e. The first-order valence-electron chi connectivity index (χ1n) is 7.19. The van der Waals surface area contributed by atoms with Gasteiger partial charge in [0.25, 0.3) is 5.91 Å². The van der Waals surface area contributed by atoms with Crippen molar-refractivity contribution in [2.75, 3.05) is 6.61 Å². The minimum Gasteiger partial charge on any atom is -0.483 e. The van der Waals surface area contributed by atoms with E-state index in [1.54, 1.807) is 0 Å². The Labute approximate surface area is 126 Å². The van der Waals surface area contributed by atoms with Crippen molar-refractivity contribution in [3.8, 4) is 5.75 Å². The van der Waals surface area contributed by atoms with Gasteiger partial charge in [0, 0.05) is 12.5 Å². The Morgan fingerprint density at radius 2 is 1.71 bits per heavy atom. The number of benzene rings is 2. The maximum Gasteiger partial charge on any atom is 0.258 e. The number of para-hydroxylation sites is 1. The SMILES string of the molecule is CC(C)NC(=O)COc1ccccc1Cc1ccccc1. The van der Waals surface area contributed by atoms with E-state index >= 15 is 0 Å². The average molecular weight is 283 g/mol. The molecule has 1 amide bonds. The van der Waals surface area contributed by atoms with Crippen molar-refractivity contribution in [2.45, 2.75) is 26.3 Å². The summed E-state index contributed by atoms with van der Waals surface area (Å²) in [5.74, 6) is 0.666. The highest BCUT2D eigenvalue weighted by molar-refractivity contribution is 5.77. The number of hydrogen-bond acceptors (Lipinski definition) is 2. The largest absolute Gasteiger partial charge is 0.483 e. The molecule has 0 aliphatic rings. The third-order valence-corrected chi connectivity index (χ3v) is 3.02. The summed E-state index contributed by atoms with van der Waals surface area (Å²) < 4.78 is 5.66. The number of carbonyl (C=O) groups excluding carboxylic acids is 1. The van der Waals surface area contributed by atoms with Gasteiger partial charge in [-0.05, 0) is 31.0 Å². The van der Waals surface area contributed by atoms with Gasteiger partial charge in [0.1, 0.15) is 5.75 Å². The molecule has 0 atom stereocenters. The van der Waals surface area contributed by atoms with Gasteiger partial charge in [-0.3, -0.25) is 4.79 Å². The lowest BCUT2D eigenvalue weighted by molar-refractivity contribution is -0.123. The number of hydrogen-bond donors (Lipinski definition) is 1. The van der Waals surface area contributed by atoms with Crippen LogP contribution in [0.4, 0.5) is 0 Å². The van der Waals surface area contributed by atoms with Crippen LogP contribution < -0.4 is 10.1 Å². The van der Waals surface area contributed by atoms with Crippen molar-refractivity contribution >= 4 is 5.91 Å². The van der Waals surface area contributed by atoms with Gasteiger partial charge in [-0.2, -0.15) is 0 Å². The lowest BCUT2D eigenvalue weighted by Crippen LogP contribution is -2.34. The number of amides is 1. The van der Waals surface area contributed by atoms with Gasteiger partial charge in [-0.15, -0.1) is 0 Å². The summed E-state index contributed by atoms with van der Waals surface area (Å²) in [5.41, 5.74) is 2.31. The molecule has 0 spiro atoms. The van der Waals surface area contributed by atoms with E-state index in [0.29, 0.717) is 0 Å². The number of carbonyl (C=O) groups is 1. The van der Waals surface area contributed by atoms with Crippen LogP contribution in [0.5, 0.6) is 5.75 Å². The van der Waals surface area contributed by atoms with Crippen molar-refractivity contribution in [2.24, 2.45) is 0 Å². The second kappa shape index (κ2) is 7.48. The summed E-state index contributed by atoms with van der Waals surface area (Å²) in [6, 6.07) is 18.2. The van der Waals surface area contributed by atoms with E-state index in [1.165, 1.54) is 5.56 Å². The first kappa shape index (κ1) is 15.1. The normalized spacial score (nSPS) is 10.4. The molecule has 110 valence electrons. The highest BCUT2D eigenvalue weighted by Gasteiger charge is 2.08. The molecule has 2 aromatic carbocycles. The Balaban J connectivity index is 2.02. The predicted molar refractivity (Wildman–Crippen MR) is 84.5 cm³/mol. The Morgan fingerprint density at radius 1 is 1.05 bits per heavy atom. The third kappa shape index (κ3) is 4.95. The lowest BCUT2D eigenvalue weighted by Gasteiger charge is -2.13. The molecular formula is C18H21NO2. The molecular weight excluding hydrogens is 262 g/mol. The van der Waals surface area contributed by atoms with Crippen LogP contribution in [-0.2, 0) is 11.2 Å². The number of ether oxygens (including phenoxy) is 1. The van der Waals surface area contributed by atoms with E-state index in [1.807, 2.05) is 56.3 Å². The van der Waals surface area contributed by atoms with E-state index < -0.39 is 0 Å². The fraction of sp³-hybridized carbons (Fsp3) is 0.278. The molecule has 1 N–H and O–H groups in total. The van der Waals surface area contributed by atoms with Crippen LogP contribution in [-0.4, -0.2) is 18.6 Å². The fourth-order valence-corrected chi connectivity index (χ4v) is 2.11. The van der Waals surface area contributed by atoms with E-state index in [9.17, 15) is 4.79 Å². The van der Waals surface area contributed by atoms with Crippen LogP contribution in [0.25, 0.3) is 0 Å². The first-order valence-corrected chi connectivity index (χ1v) is 7.19. The molecule has 2 aromatic rings. The van der Waals surface area contributed by atoms with Crippen molar-refractivity contribution in [3.05, 3.63) is 65.7 Å². The molecule has 0 bridgehead atoms. The third-order valence-electron chi connectivity index (χ3n) is 3.02. The average Bonchev–Trinajstić information content (AvgIpc) is 2.47. The molecule has 0 aromatic heterocycles.